The van der Waals surface area contributed by atoms with Crippen molar-refractivity contribution in [2.75, 3.05) is 38.6 Å². The van der Waals surface area contributed by atoms with E-state index in [2.05, 4.69) is 27.2 Å². The molecule has 3 aromatic rings. The molecule has 0 atom stereocenters. The normalized spacial score (nSPS) is 14.7. The van der Waals surface area contributed by atoms with E-state index < -0.39 is 4.92 Å². The third-order valence-electron chi connectivity index (χ3n) is 5.00. The Kier molecular flexibility index (Phi) is 6.41. The number of non-ortho nitro benzene ring substituents is 1. The second kappa shape index (κ2) is 9.38. The SMILES string of the molecule is Cc1ccc(-n2c(SCCN3CCOCC3)nnc2-c2ccc([N+](=O)[O-])cc2)cc1. The zero-order chi connectivity index (χ0) is 20.9. The van der Waals surface area contributed by atoms with Crippen molar-refractivity contribution < 1.29 is 9.66 Å². The summed E-state index contributed by atoms with van der Waals surface area (Å²) in [5.74, 6) is 1.56. The highest BCUT2D eigenvalue weighted by Crippen LogP contribution is 2.29. The fourth-order valence-corrected chi connectivity index (χ4v) is 4.25. The van der Waals surface area contributed by atoms with E-state index in [-0.39, 0.29) is 5.69 Å². The maximum Gasteiger partial charge on any atom is 0.269 e. The van der Waals surface area contributed by atoms with Gasteiger partial charge < -0.3 is 4.74 Å². The number of nitro groups is 1. The van der Waals surface area contributed by atoms with Gasteiger partial charge >= 0.3 is 0 Å². The van der Waals surface area contributed by atoms with Gasteiger partial charge in [0.2, 0.25) is 0 Å². The van der Waals surface area contributed by atoms with Gasteiger partial charge in [-0.3, -0.25) is 19.6 Å². The molecule has 0 N–H and O–H groups in total. The van der Waals surface area contributed by atoms with Gasteiger partial charge in [-0.15, -0.1) is 10.2 Å². The Morgan fingerprint density at radius 3 is 2.43 bits per heavy atom. The number of morpholine rings is 1. The fourth-order valence-electron chi connectivity index (χ4n) is 3.30. The first kappa shape index (κ1) is 20.5. The minimum Gasteiger partial charge on any atom is -0.379 e. The number of aromatic nitrogens is 3. The molecular weight excluding hydrogens is 402 g/mol. The second-order valence-electron chi connectivity index (χ2n) is 7.08. The minimum absolute atomic E-state index is 0.0558. The Bertz CT molecular complexity index is 998. The van der Waals surface area contributed by atoms with Gasteiger partial charge in [-0.05, 0) is 31.2 Å². The molecule has 30 heavy (non-hydrogen) atoms. The third kappa shape index (κ3) is 4.69. The summed E-state index contributed by atoms with van der Waals surface area (Å²) < 4.78 is 7.43. The largest absolute Gasteiger partial charge is 0.379 e. The van der Waals surface area contributed by atoms with Crippen LogP contribution >= 0.6 is 11.8 Å². The summed E-state index contributed by atoms with van der Waals surface area (Å²) in [6.07, 6.45) is 0. The molecule has 0 spiro atoms. The molecule has 156 valence electrons. The van der Waals surface area contributed by atoms with E-state index in [1.807, 2.05) is 23.6 Å². The summed E-state index contributed by atoms with van der Waals surface area (Å²) in [5, 5.41) is 20.6. The molecule has 9 heteroatoms. The summed E-state index contributed by atoms with van der Waals surface area (Å²) in [5.41, 5.74) is 2.98. The third-order valence-corrected chi connectivity index (χ3v) is 5.91. The number of thioether (sulfide) groups is 1. The maximum absolute atomic E-state index is 11.0. The van der Waals surface area contributed by atoms with Crippen LogP contribution in [0.4, 0.5) is 5.69 Å². The van der Waals surface area contributed by atoms with Crippen LogP contribution in [0.25, 0.3) is 17.1 Å². The monoisotopic (exact) mass is 425 g/mol. The van der Waals surface area contributed by atoms with Crippen molar-refractivity contribution in [3.63, 3.8) is 0 Å². The van der Waals surface area contributed by atoms with E-state index in [0.717, 1.165) is 55.0 Å². The molecule has 8 nitrogen and oxygen atoms in total. The lowest BCUT2D eigenvalue weighted by Gasteiger charge is -2.26. The molecule has 0 amide bonds. The zero-order valence-electron chi connectivity index (χ0n) is 16.7. The van der Waals surface area contributed by atoms with Crippen LogP contribution in [0.3, 0.4) is 0 Å². The standard InChI is InChI=1S/C21H23N5O3S/c1-16-2-6-18(7-3-16)25-20(17-4-8-19(9-5-17)26(27)28)22-23-21(25)30-15-12-24-10-13-29-14-11-24/h2-9H,10-15H2,1H3. The lowest BCUT2D eigenvalue weighted by Crippen LogP contribution is -2.37. The van der Waals surface area contributed by atoms with E-state index in [9.17, 15) is 10.1 Å². The number of rotatable bonds is 7. The van der Waals surface area contributed by atoms with Gasteiger partial charge in [-0.25, -0.2) is 0 Å². The van der Waals surface area contributed by atoms with E-state index in [1.54, 1.807) is 23.9 Å². The highest BCUT2D eigenvalue weighted by atomic mass is 32.2. The van der Waals surface area contributed by atoms with Crippen molar-refractivity contribution in [1.82, 2.24) is 19.7 Å². The fraction of sp³-hybridized carbons (Fsp3) is 0.333. The molecule has 4 rings (SSSR count). The van der Waals surface area contributed by atoms with Crippen LogP contribution in [-0.4, -0.2) is 63.2 Å². The molecule has 2 aromatic carbocycles. The molecule has 2 heterocycles. The van der Waals surface area contributed by atoms with Crippen molar-refractivity contribution in [2.45, 2.75) is 12.1 Å². The zero-order valence-corrected chi connectivity index (χ0v) is 17.5. The Balaban J connectivity index is 1.61. The van der Waals surface area contributed by atoms with E-state index in [0.29, 0.717) is 5.82 Å². The molecule has 0 radical (unpaired) electrons. The van der Waals surface area contributed by atoms with Gasteiger partial charge in [-0.1, -0.05) is 29.5 Å². The van der Waals surface area contributed by atoms with Crippen LogP contribution in [0.2, 0.25) is 0 Å². The maximum atomic E-state index is 11.0. The van der Waals surface area contributed by atoms with Crippen LogP contribution in [-0.2, 0) is 4.74 Å². The van der Waals surface area contributed by atoms with Crippen LogP contribution in [0.1, 0.15) is 5.56 Å². The molecule has 1 fully saturated rings. The first-order valence-corrected chi connectivity index (χ1v) is 10.8. The number of hydrogen-bond donors (Lipinski definition) is 0. The summed E-state index contributed by atoms with van der Waals surface area (Å²) in [4.78, 5) is 13.0. The van der Waals surface area contributed by atoms with Crippen molar-refractivity contribution in [2.24, 2.45) is 0 Å². The first-order chi connectivity index (χ1) is 14.6. The molecule has 1 aliphatic heterocycles. The smallest absolute Gasteiger partial charge is 0.269 e. The van der Waals surface area contributed by atoms with Gasteiger partial charge in [0, 0.05) is 48.8 Å². The lowest BCUT2D eigenvalue weighted by molar-refractivity contribution is -0.384. The predicted molar refractivity (Wildman–Crippen MR) is 116 cm³/mol. The highest BCUT2D eigenvalue weighted by molar-refractivity contribution is 7.99. The quantitative estimate of drug-likeness (QED) is 0.325. The number of hydrogen-bond acceptors (Lipinski definition) is 7. The molecule has 1 aliphatic rings. The lowest BCUT2D eigenvalue weighted by atomic mass is 10.2. The number of nitro benzene ring substituents is 1. The van der Waals surface area contributed by atoms with Crippen molar-refractivity contribution in [1.29, 1.82) is 0 Å². The van der Waals surface area contributed by atoms with Crippen molar-refractivity contribution in [3.05, 3.63) is 64.2 Å². The summed E-state index contributed by atoms with van der Waals surface area (Å²) in [6, 6.07) is 14.6. The highest BCUT2D eigenvalue weighted by Gasteiger charge is 2.18. The van der Waals surface area contributed by atoms with Gasteiger partial charge in [0.1, 0.15) is 0 Å². The van der Waals surface area contributed by atoms with E-state index in [4.69, 9.17) is 4.74 Å². The van der Waals surface area contributed by atoms with Gasteiger partial charge in [-0.2, -0.15) is 0 Å². The summed E-state index contributed by atoms with van der Waals surface area (Å²) in [6.45, 7) is 6.49. The molecule has 0 aliphatic carbocycles. The van der Waals surface area contributed by atoms with Crippen LogP contribution in [0.15, 0.2) is 53.7 Å². The number of nitrogens with zero attached hydrogens (tertiary/aromatic N) is 5. The average Bonchev–Trinajstić information content (AvgIpc) is 3.19. The Hall–Kier alpha value is -2.75. The van der Waals surface area contributed by atoms with Crippen LogP contribution < -0.4 is 0 Å². The van der Waals surface area contributed by atoms with Crippen LogP contribution in [0.5, 0.6) is 0 Å². The second-order valence-corrected chi connectivity index (χ2v) is 8.15. The predicted octanol–water partition coefficient (Wildman–Crippen LogP) is 3.58. The number of aryl methyl sites for hydroxylation is 1. The molecule has 0 bridgehead atoms. The first-order valence-electron chi connectivity index (χ1n) is 9.82. The van der Waals surface area contributed by atoms with Gasteiger partial charge in [0.05, 0.1) is 18.1 Å². The van der Waals surface area contributed by atoms with Crippen LogP contribution in [0, 0.1) is 17.0 Å². The summed E-state index contributed by atoms with van der Waals surface area (Å²) in [7, 11) is 0. The van der Waals surface area contributed by atoms with Gasteiger partial charge in [0.25, 0.3) is 5.69 Å². The molecule has 1 aromatic heterocycles. The molecule has 0 saturated carbocycles. The topological polar surface area (TPSA) is 86.3 Å². The minimum atomic E-state index is -0.401. The van der Waals surface area contributed by atoms with Crippen molar-refractivity contribution >= 4 is 17.4 Å². The van der Waals surface area contributed by atoms with E-state index in [1.165, 1.54) is 17.7 Å². The number of ether oxygens (including phenoxy) is 1. The van der Waals surface area contributed by atoms with Gasteiger partial charge in [0.15, 0.2) is 11.0 Å². The Morgan fingerprint density at radius 2 is 1.77 bits per heavy atom. The Morgan fingerprint density at radius 1 is 1.07 bits per heavy atom. The number of benzene rings is 2. The molecular formula is C21H23N5O3S. The molecule has 0 unspecified atom stereocenters. The van der Waals surface area contributed by atoms with Crippen molar-refractivity contribution in [3.8, 4) is 17.1 Å². The molecule has 1 saturated heterocycles. The van der Waals surface area contributed by atoms with E-state index >= 15 is 0 Å². The average molecular weight is 426 g/mol. The summed E-state index contributed by atoms with van der Waals surface area (Å²) >= 11 is 1.66. The Labute approximate surface area is 179 Å².